The first kappa shape index (κ1) is 23.7. The Morgan fingerprint density at radius 1 is 1.18 bits per heavy atom. The Labute approximate surface area is 207 Å². The number of amides is 1. The Hall–Kier alpha value is -2.48. The summed E-state index contributed by atoms with van der Waals surface area (Å²) >= 11 is 13.0. The molecule has 2 heterocycles. The number of halogens is 2. The van der Waals surface area contributed by atoms with Crippen LogP contribution in [-0.4, -0.2) is 45.7 Å². The topological polar surface area (TPSA) is 71.0 Å². The van der Waals surface area contributed by atoms with E-state index in [4.69, 9.17) is 32.9 Å². The number of ether oxygens (including phenoxy) is 1. The van der Waals surface area contributed by atoms with E-state index in [1.54, 1.807) is 30.8 Å². The Bertz CT molecular complexity index is 1090. The average Bonchev–Trinajstić information content (AvgIpc) is 2.84. The van der Waals surface area contributed by atoms with Gasteiger partial charge in [0.15, 0.2) is 10.0 Å². The molecule has 1 unspecified atom stereocenters. The number of nitrogens with zero attached hydrogens (tertiary/aromatic N) is 2. The summed E-state index contributed by atoms with van der Waals surface area (Å²) in [5.41, 5.74) is 3.46. The summed E-state index contributed by atoms with van der Waals surface area (Å²) in [6.45, 7) is 2.84. The van der Waals surface area contributed by atoms with E-state index in [0.29, 0.717) is 17.0 Å². The zero-order valence-electron chi connectivity index (χ0n) is 18.0. The number of rotatable bonds is 6. The standard InChI is InChI=1S/C24H23Cl2N3O3S/c1-2-32-23(31)18-19(15-7-4-3-5-8-15)28-24-29(13-6-14-33-24)20(18)16-9-11-17(12-10-16)27-22(30)21(25)26/h3-5,7-12,20-21H,2,6,13-14H2,1H3,(H,27,30). The Balaban J connectivity index is 1.81. The van der Waals surface area contributed by atoms with Gasteiger partial charge in [-0.2, -0.15) is 0 Å². The van der Waals surface area contributed by atoms with Crippen LogP contribution in [0.3, 0.4) is 0 Å². The number of esters is 1. The lowest BCUT2D eigenvalue weighted by Gasteiger charge is -2.41. The van der Waals surface area contributed by atoms with E-state index in [2.05, 4.69) is 10.2 Å². The van der Waals surface area contributed by atoms with Gasteiger partial charge in [-0.15, -0.1) is 0 Å². The molecule has 172 valence electrons. The summed E-state index contributed by atoms with van der Waals surface area (Å²) < 4.78 is 5.48. The normalized spacial score (nSPS) is 18.0. The number of benzene rings is 2. The summed E-state index contributed by atoms with van der Waals surface area (Å²) in [6, 6.07) is 16.7. The monoisotopic (exact) mass is 503 g/mol. The minimum absolute atomic E-state index is 0.269. The molecular formula is C24H23Cl2N3O3S. The van der Waals surface area contributed by atoms with Crippen LogP contribution in [0.1, 0.15) is 30.5 Å². The zero-order chi connectivity index (χ0) is 23.4. The molecule has 2 aliphatic heterocycles. The lowest BCUT2D eigenvalue weighted by atomic mass is 9.91. The fourth-order valence-electron chi connectivity index (χ4n) is 3.88. The molecule has 0 spiro atoms. The number of amidine groups is 1. The Kier molecular flexibility index (Phi) is 7.63. The van der Waals surface area contributed by atoms with Gasteiger partial charge in [0.1, 0.15) is 0 Å². The number of thioether (sulfide) groups is 1. The average molecular weight is 504 g/mol. The highest BCUT2D eigenvalue weighted by Crippen LogP contribution is 2.43. The third kappa shape index (κ3) is 5.21. The van der Waals surface area contributed by atoms with Crippen molar-refractivity contribution in [3.63, 3.8) is 0 Å². The highest BCUT2D eigenvalue weighted by atomic mass is 35.5. The predicted molar refractivity (Wildman–Crippen MR) is 135 cm³/mol. The first-order chi connectivity index (χ1) is 16.0. The molecule has 6 nitrogen and oxygen atoms in total. The van der Waals surface area contributed by atoms with Gasteiger partial charge in [-0.05, 0) is 31.0 Å². The van der Waals surface area contributed by atoms with Crippen molar-refractivity contribution in [3.8, 4) is 0 Å². The molecule has 1 fully saturated rings. The Morgan fingerprint density at radius 3 is 2.58 bits per heavy atom. The van der Waals surface area contributed by atoms with Gasteiger partial charge >= 0.3 is 5.97 Å². The second-order valence-corrected chi connectivity index (χ2v) is 9.61. The maximum absolute atomic E-state index is 13.3. The second-order valence-electron chi connectivity index (χ2n) is 7.45. The first-order valence-electron chi connectivity index (χ1n) is 10.6. The quantitative estimate of drug-likeness (QED) is 0.430. The number of nitrogens with one attached hydrogen (secondary N) is 1. The zero-order valence-corrected chi connectivity index (χ0v) is 20.3. The van der Waals surface area contributed by atoms with Gasteiger partial charge in [-0.1, -0.05) is 77.4 Å². The summed E-state index contributed by atoms with van der Waals surface area (Å²) in [5.74, 6) is 0.0929. The van der Waals surface area contributed by atoms with Crippen LogP contribution in [0.5, 0.6) is 0 Å². The maximum atomic E-state index is 13.3. The predicted octanol–water partition coefficient (Wildman–Crippen LogP) is 5.25. The lowest BCUT2D eigenvalue weighted by molar-refractivity contribution is -0.139. The van der Waals surface area contributed by atoms with Crippen LogP contribution in [0.2, 0.25) is 0 Å². The van der Waals surface area contributed by atoms with Gasteiger partial charge < -0.3 is 15.0 Å². The van der Waals surface area contributed by atoms with Gasteiger partial charge in [0.05, 0.1) is 23.9 Å². The minimum Gasteiger partial charge on any atom is -0.463 e. The maximum Gasteiger partial charge on any atom is 0.338 e. The van der Waals surface area contributed by atoms with E-state index in [9.17, 15) is 9.59 Å². The lowest BCUT2D eigenvalue weighted by Crippen LogP contribution is -2.42. The van der Waals surface area contributed by atoms with Crippen molar-refractivity contribution in [1.82, 2.24) is 4.90 Å². The molecule has 1 amide bonds. The molecule has 4 rings (SSSR count). The van der Waals surface area contributed by atoms with Crippen molar-refractivity contribution in [2.24, 2.45) is 4.99 Å². The van der Waals surface area contributed by atoms with E-state index in [0.717, 1.165) is 35.0 Å². The largest absolute Gasteiger partial charge is 0.463 e. The van der Waals surface area contributed by atoms with Crippen LogP contribution in [0.15, 0.2) is 65.2 Å². The fraction of sp³-hybridized carbons (Fsp3) is 0.292. The van der Waals surface area contributed by atoms with Gasteiger partial charge in [0.2, 0.25) is 0 Å². The van der Waals surface area contributed by atoms with Crippen LogP contribution in [0, 0.1) is 0 Å². The van der Waals surface area contributed by atoms with Gasteiger partial charge in [0, 0.05) is 23.5 Å². The molecule has 33 heavy (non-hydrogen) atoms. The highest BCUT2D eigenvalue weighted by Gasteiger charge is 2.39. The molecule has 2 aromatic carbocycles. The molecule has 2 aliphatic rings. The van der Waals surface area contributed by atoms with E-state index in [-0.39, 0.29) is 18.6 Å². The summed E-state index contributed by atoms with van der Waals surface area (Å²) in [5, 5.41) is 3.56. The van der Waals surface area contributed by atoms with E-state index >= 15 is 0 Å². The SMILES string of the molecule is CCOC(=O)C1=C(c2ccccc2)N=C2SCCCN2C1c1ccc(NC(=O)C(Cl)Cl)cc1. The molecule has 0 aliphatic carbocycles. The number of carbonyl (C=O) groups excluding carboxylic acids is 2. The number of aliphatic imine (C=N–C) groups is 1. The smallest absolute Gasteiger partial charge is 0.338 e. The molecular weight excluding hydrogens is 481 g/mol. The van der Waals surface area contributed by atoms with Crippen LogP contribution < -0.4 is 5.32 Å². The van der Waals surface area contributed by atoms with Crippen LogP contribution in [0.25, 0.3) is 5.70 Å². The van der Waals surface area contributed by atoms with Crippen LogP contribution in [-0.2, 0) is 14.3 Å². The van der Waals surface area contributed by atoms with Crippen molar-refractivity contribution in [2.45, 2.75) is 24.2 Å². The number of fused-ring (bicyclic) bond motifs is 1. The van der Waals surface area contributed by atoms with E-state index in [1.165, 1.54) is 0 Å². The molecule has 0 saturated carbocycles. The molecule has 0 radical (unpaired) electrons. The highest BCUT2D eigenvalue weighted by molar-refractivity contribution is 8.13. The van der Waals surface area contributed by atoms with Crippen molar-refractivity contribution in [3.05, 3.63) is 71.3 Å². The Morgan fingerprint density at radius 2 is 1.91 bits per heavy atom. The number of hydrogen-bond donors (Lipinski definition) is 1. The number of anilines is 1. The molecule has 0 aromatic heterocycles. The van der Waals surface area contributed by atoms with Gasteiger partial charge in [-0.3, -0.25) is 4.79 Å². The van der Waals surface area contributed by atoms with Crippen LogP contribution in [0.4, 0.5) is 5.69 Å². The van der Waals surface area contributed by atoms with Crippen molar-refractivity contribution < 1.29 is 14.3 Å². The fourth-order valence-corrected chi connectivity index (χ4v) is 4.96. The molecule has 2 aromatic rings. The number of hydrogen-bond acceptors (Lipinski definition) is 6. The van der Waals surface area contributed by atoms with Crippen molar-refractivity contribution in [1.29, 1.82) is 0 Å². The second kappa shape index (κ2) is 10.6. The third-order valence-electron chi connectivity index (χ3n) is 5.30. The molecule has 1 saturated heterocycles. The van der Waals surface area contributed by atoms with Gasteiger partial charge in [0.25, 0.3) is 5.91 Å². The van der Waals surface area contributed by atoms with Crippen molar-refractivity contribution >= 4 is 63.4 Å². The molecule has 9 heteroatoms. The van der Waals surface area contributed by atoms with Crippen LogP contribution >= 0.6 is 35.0 Å². The van der Waals surface area contributed by atoms with E-state index < -0.39 is 10.7 Å². The molecule has 1 atom stereocenters. The molecule has 1 N–H and O–H groups in total. The third-order valence-corrected chi connectivity index (χ3v) is 6.78. The summed E-state index contributed by atoms with van der Waals surface area (Å²) in [6.07, 6.45) is 0.984. The minimum atomic E-state index is -1.15. The first-order valence-corrected chi connectivity index (χ1v) is 12.5. The van der Waals surface area contributed by atoms with E-state index in [1.807, 2.05) is 42.5 Å². The van der Waals surface area contributed by atoms with Gasteiger partial charge in [-0.25, -0.2) is 9.79 Å². The number of alkyl halides is 2. The summed E-state index contributed by atoms with van der Waals surface area (Å²) in [7, 11) is 0. The molecule has 0 bridgehead atoms. The number of carbonyl (C=O) groups is 2. The summed E-state index contributed by atoms with van der Waals surface area (Å²) in [4.78, 5) is 31.0. The van der Waals surface area contributed by atoms with Crippen molar-refractivity contribution in [2.75, 3.05) is 24.2 Å².